The first-order chi connectivity index (χ1) is 8.45. The van der Waals surface area contributed by atoms with Crippen molar-refractivity contribution in [3.63, 3.8) is 0 Å². The van der Waals surface area contributed by atoms with Crippen molar-refractivity contribution in [3.8, 4) is 0 Å². The normalized spacial score (nSPS) is 20.4. The largest absolute Gasteiger partial charge is 0.358 e. The summed E-state index contributed by atoms with van der Waals surface area (Å²) in [7, 11) is 3.43. The van der Waals surface area contributed by atoms with Gasteiger partial charge in [0.1, 0.15) is 6.04 Å². The van der Waals surface area contributed by atoms with Gasteiger partial charge in [-0.3, -0.25) is 19.3 Å². The van der Waals surface area contributed by atoms with Gasteiger partial charge in [0.25, 0.3) is 0 Å². The summed E-state index contributed by atoms with van der Waals surface area (Å²) in [6.45, 7) is 2.92. The molecule has 1 rings (SSSR count). The van der Waals surface area contributed by atoms with Crippen LogP contribution in [-0.2, 0) is 14.4 Å². The lowest BCUT2D eigenvalue weighted by atomic mass is 10.1. The molecule has 0 aromatic rings. The van der Waals surface area contributed by atoms with Crippen LogP contribution in [0.1, 0.15) is 6.92 Å². The summed E-state index contributed by atoms with van der Waals surface area (Å²) >= 11 is 0. The highest BCUT2D eigenvalue weighted by Gasteiger charge is 2.31. The molecule has 7 heteroatoms. The minimum atomic E-state index is -0.329. The Morgan fingerprint density at radius 1 is 1.28 bits per heavy atom. The molecule has 1 atom stereocenters. The molecule has 0 aliphatic carbocycles. The van der Waals surface area contributed by atoms with Gasteiger partial charge in [-0.05, 0) is 7.05 Å². The van der Waals surface area contributed by atoms with Gasteiger partial charge in [-0.1, -0.05) is 0 Å². The first-order valence-electron chi connectivity index (χ1n) is 5.89. The number of carbonyl (C=O) groups excluding carboxylic acids is 3. The molecule has 1 heterocycles. The van der Waals surface area contributed by atoms with Gasteiger partial charge in [0.05, 0.1) is 6.54 Å². The predicted octanol–water partition coefficient (Wildman–Crippen LogP) is -1.99. The van der Waals surface area contributed by atoms with E-state index in [1.807, 2.05) is 11.9 Å². The van der Waals surface area contributed by atoms with Gasteiger partial charge >= 0.3 is 0 Å². The number of nitrogens with zero attached hydrogens (tertiary/aromatic N) is 2. The van der Waals surface area contributed by atoms with Crippen LogP contribution in [0.2, 0.25) is 0 Å². The molecular formula is C11H20N4O3. The Balaban J connectivity index is 2.55. The van der Waals surface area contributed by atoms with E-state index in [1.165, 1.54) is 6.92 Å². The number of likely N-dealkylation sites (N-methyl/N-ethyl adjacent to an activating group) is 2. The number of hydrogen-bond acceptors (Lipinski definition) is 4. The number of carbonyl (C=O) groups is 3. The number of hydrogen-bond donors (Lipinski definition) is 2. The van der Waals surface area contributed by atoms with Crippen LogP contribution in [-0.4, -0.2) is 73.8 Å². The Morgan fingerprint density at radius 3 is 2.50 bits per heavy atom. The Kier molecular flexibility index (Phi) is 5.08. The summed E-state index contributed by atoms with van der Waals surface area (Å²) in [5, 5.41) is 5.05. The van der Waals surface area contributed by atoms with Crippen molar-refractivity contribution in [1.29, 1.82) is 0 Å². The lowest BCUT2D eigenvalue weighted by Crippen LogP contribution is -2.59. The number of rotatable bonds is 3. The summed E-state index contributed by atoms with van der Waals surface area (Å²) in [6, 6.07) is -0.329. The van der Waals surface area contributed by atoms with E-state index in [-0.39, 0.29) is 30.3 Å². The van der Waals surface area contributed by atoms with Gasteiger partial charge in [0, 0.05) is 33.6 Å². The second kappa shape index (κ2) is 6.34. The summed E-state index contributed by atoms with van der Waals surface area (Å²) in [5.74, 6) is -0.498. The third-order valence-electron chi connectivity index (χ3n) is 3.04. The van der Waals surface area contributed by atoms with E-state index in [4.69, 9.17) is 0 Å². The molecule has 0 bridgehead atoms. The SMILES string of the molecule is CNC(=O)[C@H]1CN(C(=O)CNC(C)=O)CCN1C. The molecule has 0 radical (unpaired) electrons. The molecule has 2 N–H and O–H groups in total. The third-order valence-corrected chi connectivity index (χ3v) is 3.04. The maximum absolute atomic E-state index is 11.8. The highest BCUT2D eigenvalue weighted by molar-refractivity contribution is 5.86. The second-order valence-electron chi connectivity index (χ2n) is 4.36. The number of piperazine rings is 1. The van der Waals surface area contributed by atoms with Gasteiger partial charge in [0.15, 0.2) is 0 Å². The third kappa shape index (κ3) is 3.69. The van der Waals surface area contributed by atoms with Crippen LogP contribution >= 0.6 is 0 Å². The van der Waals surface area contributed by atoms with Crippen LogP contribution in [0.15, 0.2) is 0 Å². The van der Waals surface area contributed by atoms with Crippen molar-refractivity contribution in [3.05, 3.63) is 0 Å². The van der Waals surface area contributed by atoms with E-state index in [1.54, 1.807) is 11.9 Å². The van der Waals surface area contributed by atoms with Crippen molar-refractivity contribution in [2.75, 3.05) is 40.3 Å². The second-order valence-corrected chi connectivity index (χ2v) is 4.36. The lowest BCUT2D eigenvalue weighted by Gasteiger charge is -2.38. The highest BCUT2D eigenvalue weighted by Crippen LogP contribution is 2.07. The molecule has 0 spiro atoms. The topological polar surface area (TPSA) is 81.8 Å². The Hall–Kier alpha value is -1.63. The van der Waals surface area contributed by atoms with Crippen molar-refractivity contribution < 1.29 is 14.4 Å². The van der Waals surface area contributed by atoms with Crippen LogP contribution in [0.3, 0.4) is 0 Å². The molecule has 1 fully saturated rings. The van der Waals surface area contributed by atoms with Gasteiger partial charge in [-0.2, -0.15) is 0 Å². The van der Waals surface area contributed by atoms with Crippen LogP contribution in [0.25, 0.3) is 0 Å². The van der Waals surface area contributed by atoms with Gasteiger partial charge in [-0.25, -0.2) is 0 Å². The molecule has 1 aliphatic rings. The molecule has 102 valence electrons. The summed E-state index contributed by atoms with van der Waals surface area (Å²) in [4.78, 5) is 37.8. The molecular weight excluding hydrogens is 236 g/mol. The van der Waals surface area contributed by atoms with Gasteiger partial charge in [-0.15, -0.1) is 0 Å². The van der Waals surface area contributed by atoms with Gasteiger partial charge in [0.2, 0.25) is 17.7 Å². The molecule has 1 saturated heterocycles. The summed E-state index contributed by atoms with van der Waals surface area (Å²) < 4.78 is 0. The van der Waals surface area contributed by atoms with E-state index >= 15 is 0 Å². The van der Waals surface area contributed by atoms with Crippen molar-refractivity contribution in [2.45, 2.75) is 13.0 Å². The Bertz CT molecular complexity index is 345. The van der Waals surface area contributed by atoms with E-state index in [0.717, 1.165) is 0 Å². The molecule has 7 nitrogen and oxygen atoms in total. The van der Waals surface area contributed by atoms with E-state index in [0.29, 0.717) is 19.6 Å². The molecule has 18 heavy (non-hydrogen) atoms. The first kappa shape index (κ1) is 14.4. The Morgan fingerprint density at radius 2 is 1.94 bits per heavy atom. The fraction of sp³-hybridized carbons (Fsp3) is 0.727. The maximum Gasteiger partial charge on any atom is 0.242 e. The summed E-state index contributed by atoms with van der Waals surface area (Å²) in [6.07, 6.45) is 0. The summed E-state index contributed by atoms with van der Waals surface area (Å²) in [5.41, 5.74) is 0. The number of nitrogens with one attached hydrogen (secondary N) is 2. The van der Waals surface area contributed by atoms with Crippen molar-refractivity contribution >= 4 is 17.7 Å². The lowest BCUT2D eigenvalue weighted by molar-refractivity contribution is -0.138. The zero-order valence-electron chi connectivity index (χ0n) is 11.0. The average molecular weight is 256 g/mol. The van der Waals surface area contributed by atoms with E-state index in [9.17, 15) is 14.4 Å². The predicted molar refractivity (Wildman–Crippen MR) is 65.7 cm³/mol. The van der Waals surface area contributed by atoms with Crippen molar-refractivity contribution in [1.82, 2.24) is 20.4 Å². The molecule has 1 aliphatic heterocycles. The smallest absolute Gasteiger partial charge is 0.242 e. The molecule has 0 saturated carbocycles. The fourth-order valence-electron chi connectivity index (χ4n) is 1.86. The fourth-order valence-corrected chi connectivity index (χ4v) is 1.86. The zero-order valence-corrected chi connectivity index (χ0v) is 11.0. The first-order valence-corrected chi connectivity index (χ1v) is 5.89. The van der Waals surface area contributed by atoms with E-state index in [2.05, 4.69) is 10.6 Å². The van der Waals surface area contributed by atoms with Gasteiger partial charge < -0.3 is 15.5 Å². The monoisotopic (exact) mass is 256 g/mol. The Labute approximate surface area is 106 Å². The van der Waals surface area contributed by atoms with E-state index < -0.39 is 0 Å². The standard InChI is InChI=1S/C11H20N4O3/c1-8(16)13-6-10(17)15-5-4-14(3)9(7-15)11(18)12-2/h9H,4-7H2,1-3H3,(H,12,18)(H,13,16)/t9-/m1/s1. The number of amides is 3. The molecule has 0 unspecified atom stereocenters. The van der Waals surface area contributed by atoms with Crippen LogP contribution < -0.4 is 10.6 Å². The highest BCUT2D eigenvalue weighted by atomic mass is 16.2. The minimum Gasteiger partial charge on any atom is -0.358 e. The van der Waals surface area contributed by atoms with Crippen LogP contribution in [0, 0.1) is 0 Å². The average Bonchev–Trinajstić information content (AvgIpc) is 2.35. The van der Waals surface area contributed by atoms with Crippen LogP contribution in [0.4, 0.5) is 0 Å². The maximum atomic E-state index is 11.8. The van der Waals surface area contributed by atoms with Crippen LogP contribution in [0.5, 0.6) is 0 Å². The molecule has 0 aromatic heterocycles. The zero-order chi connectivity index (χ0) is 13.7. The quantitative estimate of drug-likeness (QED) is 0.612. The minimum absolute atomic E-state index is 0.0144. The molecule has 0 aromatic carbocycles. The van der Waals surface area contributed by atoms with Crippen molar-refractivity contribution in [2.24, 2.45) is 0 Å². The molecule has 3 amide bonds.